The molecule has 3 rings (SSSR count). The number of hydrogen-bond donors (Lipinski definition) is 1. The summed E-state index contributed by atoms with van der Waals surface area (Å²) in [5.74, 6) is 0. The Bertz CT molecular complexity index is 427. The lowest BCUT2D eigenvalue weighted by molar-refractivity contribution is 0.184. The van der Waals surface area contributed by atoms with Crippen LogP contribution in [0.5, 0.6) is 0 Å². The van der Waals surface area contributed by atoms with Crippen LogP contribution >= 0.6 is 0 Å². The summed E-state index contributed by atoms with van der Waals surface area (Å²) >= 11 is 0. The Balaban J connectivity index is 1.48. The molecule has 2 aliphatic rings. The highest BCUT2D eigenvalue weighted by molar-refractivity contribution is 5.25. The maximum absolute atomic E-state index is 3.84. The molecule has 1 unspecified atom stereocenters. The third kappa shape index (κ3) is 4.08. The number of nitrogens with zero attached hydrogens (tertiary/aromatic N) is 1. The van der Waals surface area contributed by atoms with Crippen LogP contribution in [0.3, 0.4) is 0 Å². The Labute approximate surface area is 129 Å². The molecule has 1 aromatic carbocycles. The van der Waals surface area contributed by atoms with Gasteiger partial charge in [0, 0.05) is 18.1 Å². The van der Waals surface area contributed by atoms with E-state index in [1.54, 1.807) is 0 Å². The minimum atomic E-state index is 0.471. The molecule has 0 bridgehead atoms. The first kappa shape index (κ1) is 15.1. The van der Waals surface area contributed by atoms with Crippen molar-refractivity contribution in [2.24, 2.45) is 0 Å². The molecule has 1 aliphatic heterocycles. The second-order valence-electron chi connectivity index (χ2n) is 6.92. The lowest BCUT2D eigenvalue weighted by atomic mass is 10.00. The van der Waals surface area contributed by atoms with Crippen LogP contribution in [0.15, 0.2) is 24.3 Å². The van der Waals surface area contributed by atoms with Crippen LogP contribution < -0.4 is 5.32 Å². The summed E-state index contributed by atoms with van der Waals surface area (Å²) in [6, 6.07) is 11.3. The standard InChI is InChI=1S/C19H30N2/c1-3-4-16-5-7-17(8-6-16)15(2)20-18-11-13-21(14-12-18)19-9-10-19/h5-8,15,18-20H,3-4,9-14H2,1-2H3. The molecule has 1 aromatic rings. The first-order valence-electron chi connectivity index (χ1n) is 8.85. The van der Waals surface area contributed by atoms with Crippen LogP contribution in [-0.2, 0) is 6.42 Å². The number of nitrogens with one attached hydrogen (secondary N) is 1. The summed E-state index contributed by atoms with van der Waals surface area (Å²) in [5.41, 5.74) is 2.89. The van der Waals surface area contributed by atoms with Crippen molar-refractivity contribution in [1.29, 1.82) is 0 Å². The lowest BCUT2D eigenvalue weighted by Crippen LogP contribution is -2.44. The molecule has 1 heterocycles. The van der Waals surface area contributed by atoms with Gasteiger partial charge in [-0.15, -0.1) is 0 Å². The van der Waals surface area contributed by atoms with Gasteiger partial charge in [0.2, 0.25) is 0 Å². The highest BCUT2D eigenvalue weighted by Crippen LogP contribution is 2.29. The van der Waals surface area contributed by atoms with Crippen LogP contribution in [0, 0.1) is 0 Å². The summed E-state index contributed by atoms with van der Waals surface area (Å²) < 4.78 is 0. The van der Waals surface area contributed by atoms with E-state index in [9.17, 15) is 0 Å². The first-order chi connectivity index (χ1) is 10.3. The maximum atomic E-state index is 3.84. The van der Waals surface area contributed by atoms with Crippen LogP contribution in [0.4, 0.5) is 0 Å². The molecular formula is C19H30N2. The number of hydrogen-bond acceptors (Lipinski definition) is 2. The van der Waals surface area contributed by atoms with Crippen LogP contribution in [0.25, 0.3) is 0 Å². The Morgan fingerprint density at radius 2 is 1.76 bits per heavy atom. The van der Waals surface area contributed by atoms with E-state index in [2.05, 4.69) is 48.3 Å². The molecule has 21 heavy (non-hydrogen) atoms. The number of likely N-dealkylation sites (tertiary alicyclic amines) is 1. The van der Waals surface area contributed by atoms with Crippen molar-refractivity contribution in [2.75, 3.05) is 13.1 Å². The summed E-state index contributed by atoms with van der Waals surface area (Å²) in [6.07, 6.45) is 7.94. The fourth-order valence-electron chi connectivity index (χ4n) is 3.58. The van der Waals surface area contributed by atoms with E-state index in [0.29, 0.717) is 12.1 Å². The van der Waals surface area contributed by atoms with E-state index in [4.69, 9.17) is 0 Å². The second kappa shape index (κ2) is 6.93. The monoisotopic (exact) mass is 286 g/mol. The third-order valence-electron chi connectivity index (χ3n) is 5.10. The van der Waals surface area contributed by atoms with Gasteiger partial charge in [0.05, 0.1) is 0 Å². The van der Waals surface area contributed by atoms with Crippen molar-refractivity contribution in [3.63, 3.8) is 0 Å². The number of rotatable bonds is 6. The first-order valence-corrected chi connectivity index (χ1v) is 8.85. The van der Waals surface area contributed by atoms with Crippen molar-refractivity contribution in [3.8, 4) is 0 Å². The number of benzene rings is 1. The summed E-state index contributed by atoms with van der Waals surface area (Å²) in [7, 11) is 0. The van der Waals surface area contributed by atoms with Gasteiger partial charge in [-0.3, -0.25) is 0 Å². The van der Waals surface area contributed by atoms with E-state index in [0.717, 1.165) is 6.04 Å². The maximum Gasteiger partial charge on any atom is 0.0294 e. The van der Waals surface area contributed by atoms with Gasteiger partial charge in [-0.1, -0.05) is 37.6 Å². The fraction of sp³-hybridized carbons (Fsp3) is 0.684. The van der Waals surface area contributed by atoms with E-state index in [-0.39, 0.29) is 0 Å². The van der Waals surface area contributed by atoms with Gasteiger partial charge in [0.15, 0.2) is 0 Å². The molecule has 2 nitrogen and oxygen atoms in total. The predicted octanol–water partition coefficient (Wildman–Crippen LogP) is 3.92. The molecular weight excluding hydrogens is 256 g/mol. The van der Waals surface area contributed by atoms with Gasteiger partial charge in [-0.25, -0.2) is 0 Å². The number of aryl methyl sites for hydroxylation is 1. The molecule has 116 valence electrons. The lowest BCUT2D eigenvalue weighted by Gasteiger charge is -2.34. The molecule has 0 spiro atoms. The molecule has 2 heteroatoms. The van der Waals surface area contributed by atoms with Crippen LogP contribution in [0.1, 0.15) is 63.1 Å². The molecule has 2 fully saturated rings. The zero-order valence-electron chi connectivity index (χ0n) is 13.6. The zero-order valence-corrected chi connectivity index (χ0v) is 13.6. The molecule has 1 atom stereocenters. The van der Waals surface area contributed by atoms with E-state index in [1.165, 1.54) is 62.7 Å². The zero-order chi connectivity index (χ0) is 14.7. The largest absolute Gasteiger partial charge is 0.307 e. The summed E-state index contributed by atoms with van der Waals surface area (Å²) in [6.45, 7) is 7.14. The molecule has 0 radical (unpaired) electrons. The quantitative estimate of drug-likeness (QED) is 0.853. The van der Waals surface area contributed by atoms with E-state index < -0.39 is 0 Å². The van der Waals surface area contributed by atoms with Crippen molar-refractivity contribution in [2.45, 2.75) is 70.5 Å². The average Bonchev–Trinajstić information content (AvgIpc) is 3.34. The SMILES string of the molecule is CCCc1ccc(C(C)NC2CCN(C3CC3)CC2)cc1. The highest BCUT2D eigenvalue weighted by atomic mass is 15.2. The average molecular weight is 286 g/mol. The van der Waals surface area contributed by atoms with Crippen LogP contribution in [0.2, 0.25) is 0 Å². The van der Waals surface area contributed by atoms with Gasteiger partial charge in [0.1, 0.15) is 0 Å². The van der Waals surface area contributed by atoms with Crippen molar-refractivity contribution >= 4 is 0 Å². The second-order valence-corrected chi connectivity index (χ2v) is 6.92. The highest BCUT2D eigenvalue weighted by Gasteiger charge is 2.31. The summed E-state index contributed by atoms with van der Waals surface area (Å²) in [5, 5.41) is 3.84. The Kier molecular flexibility index (Phi) is 4.97. The third-order valence-corrected chi connectivity index (χ3v) is 5.10. The van der Waals surface area contributed by atoms with Gasteiger partial charge in [-0.2, -0.15) is 0 Å². The molecule has 0 amide bonds. The molecule has 1 saturated heterocycles. The van der Waals surface area contributed by atoms with Crippen molar-refractivity contribution < 1.29 is 0 Å². The smallest absolute Gasteiger partial charge is 0.0294 e. The van der Waals surface area contributed by atoms with E-state index in [1.807, 2.05) is 0 Å². The van der Waals surface area contributed by atoms with Crippen molar-refractivity contribution in [1.82, 2.24) is 10.2 Å². The van der Waals surface area contributed by atoms with Gasteiger partial charge in [-0.05, 0) is 63.2 Å². The fourth-order valence-corrected chi connectivity index (χ4v) is 3.58. The van der Waals surface area contributed by atoms with Gasteiger partial charge < -0.3 is 10.2 Å². The Hall–Kier alpha value is -0.860. The van der Waals surface area contributed by atoms with Gasteiger partial charge in [0.25, 0.3) is 0 Å². The predicted molar refractivity (Wildman–Crippen MR) is 89.6 cm³/mol. The van der Waals surface area contributed by atoms with Gasteiger partial charge >= 0.3 is 0 Å². The van der Waals surface area contributed by atoms with Crippen LogP contribution in [-0.4, -0.2) is 30.1 Å². The molecule has 1 aliphatic carbocycles. The number of piperidine rings is 1. The molecule has 1 N–H and O–H groups in total. The minimum absolute atomic E-state index is 0.471. The normalized spacial score (nSPS) is 22.4. The Morgan fingerprint density at radius 3 is 2.33 bits per heavy atom. The van der Waals surface area contributed by atoms with Crippen molar-refractivity contribution in [3.05, 3.63) is 35.4 Å². The summed E-state index contributed by atoms with van der Waals surface area (Å²) in [4.78, 5) is 2.70. The minimum Gasteiger partial charge on any atom is -0.307 e. The topological polar surface area (TPSA) is 15.3 Å². The van der Waals surface area contributed by atoms with E-state index >= 15 is 0 Å². The molecule has 0 aromatic heterocycles. The Morgan fingerprint density at radius 1 is 1.10 bits per heavy atom. The molecule has 1 saturated carbocycles.